The maximum absolute atomic E-state index is 13.7. The molecular formula is C34H48N2O8S. The first-order chi connectivity index (χ1) is 21.3. The van der Waals surface area contributed by atoms with Crippen molar-refractivity contribution in [3.05, 3.63) is 65.4 Å². The number of fused-ring (bicyclic) bond motifs is 1. The molecule has 2 aromatic carbocycles. The van der Waals surface area contributed by atoms with Gasteiger partial charge in [-0.2, -0.15) is 8.42 Å². The lowest BCUT2D eigenvalue weighted by atomic mass is 10.0. The van der Waals surface area contributed by atoms with Crippen molar-refractivity contribution in [2.24, 2.45) is 11.8 Å². The number of hydrogen-bond donors (Lipinski definition) is 2. The van der Waals surface area contributed by atoms with Gasteiger partial charge in [-0.3, -0.25) is 14.1 Å². The molecule has 248 valence electrons. The van der Waals surface area contributed by atoms with Crippen LogP contribution < -0.4 is 4.74 Å². The molecule has 2 N–H and O–H groups in total. The van der Waals surface area contributed by atoms with Crippen molar-refractivity contribution in [3.63, 3.8) is 0 Å². The summed E-state index contributed by atoms with van der Waals surface area (Å²) in [5.41, 5.74) is 2.80. The summed E-state index contributed by atoms with van der Waals surface area (Å²) in [5.74, 6) is 0.733. The molecule has 1 amide bonds. The van der Waals surface area contributed by atoms with E-state index >= 15 is 0 Å². The smallest absolute Gasteiger partial charge is 0.267 e. The monoisotopic (exact) mass is 644 g/mol. The Morgan fingerprint density at radius 1 is 0.978 bits per heavy atom. The number of ether oxygens (including phenoxy) is 2. The maximum Gasteiger partial charge on any atom is 0.267 e. The number of aliphatic hydroxyl groups is 1. The highest BCUT2D eigenvalue weighted by Crippen LogP contribution is 2.28. The molecule has 3 aromatic rings. The molecule has 1 heterocycles. The van der Waals surface area contributed by atoms with Crippen LogP contribution in [0.1, 0.15) is 68.4 Å². The van der Waals surface area contributed by atoms with Gasteiger partial charge in [0.05, 0.1) is 25.3 Å². The largest absolute Gasteiger partial charge is 0.497 e. The number of aryl methyl sites for hydroxylation is 1. The predicted octanol–water partition coefficient (Wildman–Crippen LogP) is 5.00. The molecule has 1 aromatic heterocycles. The van der Waals surface area contributed by atoms with Crippen molar-refractivity contribution < 1.29 is 37.1 Å². The molecule has 0 aliphatic carbocycles. The normalized spacial score (nSPS) is 12.6. The van der Waals surface area contributed by atoms with Crippen molar-refractivity contribution >= 4 is 32.7 Å². The van der Waals surface area contributed by atoms with E-state index < -0.39 is 22.0 Å². The molecule has 1 unspecified atom stereocenters. The Bertz CT molecular complexity index is 1500. The molecule has 0 aliphatic rings. The van der Waals surface area contributed by atoms with Gasteiger partial charge in [0.15, 0.2) is 5.78 Å². The third kappa shape index (κ3) is 11.6. The van der Waals surface area contributed by atoms with Crippen LogP contribution in [0.3, 0.4) is 0 Å². The van der Waals surface area contributed by atoms with E-state index in [0.29, 0.717) is 61.3 Å². The highest BCUT2D eigenvalue weighted by molar-refractivity contribution is 7.85. The Balaban J connectivity index is 1.72. The SMILES string of the molecule is COc1ccc2c(C(=O)c3ccc(CCCOCC(O)CS(=O)(=O)O)cc3)cn(CC(=O)N(CCC(C)C)CCC(C)C)c2c1. The van der Waals surface area contributed by atoms with Gasteiger partial charge in [-0.25, -0.2) is 0 Å². The average molecular weight is 645 g/mol. The summed E-state index contributed by atoms with van der Waals surface area (Å²) >= 11 is 0. The zero-order chi connectivity index (χ0) is 33.1. The number of carbonyl (C=O) groups excluding carboxylic acids is 2. The van der Waals surface area contributed by atoms with Gasteiger partial charge in [0.2, 0.25) is 5.91 Å². The minimum atomic E-state index is -4.25. The lowest BCUT2D eigenvalue weighted by Crippen LogP contribution is -2.36. The quantitative estimate of drug-likeness (QED) is 0.106. The standard InChI is InChI=1S/C34H48N2O8S/c1-24(2)14-16-35(17-15-25(3)4)33(38)21-36-20-31(30-13-12-29(43-5)19-32(30)36)34(39)27-10-8-26(9-11-27)7-6-18-44-22-28(37)23-45(40,41)42/h8-13,19-20,24-25,28,37H,6-7,14-18,21-23H2,1-5H3,(H,40,41,42). The number of nitrogens with zero attached hydrogens (tertiary/aromatic N) is 2. The minimum Gasteiger partial charge on any atom is -0.497 e. The zero-order valence-electron chi connectivity index (χ0n) is 27.1. The van der Waals surface area contributed by atoms with Crippen molar-refractivity contribution in [1.29, 1.82) is 0 Å². The number of methoxy groups -OCH3 is 1. The molecular weight excluding hydrogens is 596 g/mol. The first kappa shape index (κ1) is 36.2. The Kier molecular flexibility index (Phi) is 13.6. The second-order valence-corrected chi connectivity index (χ2v) is 13.9. The van der Waals surface area contributed by atoms with Gasteiger partial charge >= 0.3 is 0 Å². The fourth-order valence-corrected chi connectivity index (χ4v) is 5.60. The van der Waals surface area contributed by atoms with Crippen LogP contribution >= 0.6 is 0 Å². The Morgan fingerprint density at radius 3 is 2.20 bits per heavy atom. The third-order valence-corrected chi connectivity index (χ3v) is 8.43. The molecule has 45 heavy (non-hydrogen) atoms. The van der Waals surface area contributed by atoms with E-state index in [0.717, 1.165) is 29.3 Å². The topological polar surface area (TPSA) is 135 Å². The highest BCUT2D eigenvalue weighted by Gasteiger charge is 2.21. The summed E-state index contributed by atoms with van der Waals surface area (Å²) in [6.45, 7) is 10.3. The van der Waals surface area contributed by atoms with E-state index in [1.54, 1.807) is 25.4 Å². The number of ketones is 1. The van der Waals surface area contributed by atoms with Crippen molar-refractivity contribution in [3.8, 4) is 5.75 Å². The predicted molar refractivity (Wildman–Crippen MR) is 175 cm³/mol. The van der Waals surface area contributed by atoms with Gasteiger partial charge in [-0.05, 0) is 55.2 Å². The highest BCUT2D eigenvalue weighted by atomic mass is 32.2. The summed E-state index contributed by atoms with van der Waals surface area (Å²) in [5, 5.41) is 10.3. The lowest BCUT2D eigenvalue weighted by molar-refractivity contribution is -0.132. The van der Waals surface area contributed by atoms with Crippen LogP contribution in [0.25, 0.3) is 10.9 Å². The number of aliphatic hydroxyl groups excluding tert-OH is 1. The first-order valence-corrected chi connectivity index (χ1v) is 17.2. The summed E-state index contributed by atoms with van der Waals surface area (Å²) < 4.78 is 43.0. The Morgan fingerprint density at radius 2 is 1.62 bits per heavy atom. The van der Waals surface area contributed by atoms with Crippen LogP contribution in [0.2, 0.25) is 0 Å². The number of hydrogen-bond acceptors (Lipinski definition) is 7. The van der Waals surface area contributed by atoms with Crippen LogP contribution in [-0.4, -0.2) is 84.5 Å². The van der Waals surface area contributed by atoms with E-state index in [-0.39, 0.29) is 24.8 Å². The number of aromatic nitrogens is 1. The molecule has 0 aliphatic heterocycles. The lowest BCUT2D eigenvalue weighted by Gasteiger charge is -2.25. The second kappa shape index (κ2) is 16.9. The fraction of sp³-hybridized carbons (Fsp3) is 0.529. The van der Waals surface area contributed by atoms with Crippen LogP contribution in [0.4, 0.5) is 0 Å². The molecule has 0 radical (unpaired) electrons. The van der Waals surface area contributed by atoms with Crippen LogP contribution in [0.5, 0.6) is 5.75 Å². The molecule has 0 bridgehead atoms. The van der Waals surface area contributed by atoms with Gasteiger partial charge in [0, 0.05) is 48.5 Å². The number of carbonyl (C=O) groups is 2. The van der Waals surface area contributed by atoms with E-state index in [1.165, 1.54) is 0 Å². The van der Waals surface area contributed by atoms with Crippen LogP contribution in [0.15, 0.2) is 48.7 Å². The van der Waals surface area contributed by atoms with Gasteiger partial charge in [-0.1, -0.05) is 52.0 Å². The summed E-state index contributed by atoms with van der Waals surface area (Å²) in [6.07, 6.45) is 3.63. The number of rotatable bonds is 19. The average Bonchev–Trinajstić information content (AvgIpc) is 3.32. The molecule has 11 heteroatoms. The molecule has 0 saturated carbocycles. The maximum atomic E-state index is 13.7. The van der Waals surface area contributed by atoms with Crippen molar-refractivity contribution in [2.45, 2.75) is 66.0 Å². The van der Waals surface area contributed by atoms with Crippen molar-refractivity contribution in [2.75, 3.05) is 39.2 Å². The van der Waals surface area contributed by atoms with Crippen LogP contribution in [0, 0.1) is 11.8 Å². The summed E-state index contributed by atoms with van der Waals surface area (Å²) in [7, 11) is -2.67. The molecule has 1 atom stereocenters. The van der Waals surface area contributed by atoms with E-state index in [2.05, 4.69) is 27.7 Å². The first-order valence-electron chi connectivity index (χ1n) is 15.6. The number of benzene rings is 2. The van der Waals surface area contributed by atoms with Crippen LogP contribution in [-0.2, 0) is 32.6 Å². The molecule has 0 fully saturated rings. The third-order valence-electron chi connectivity index (χ3n) is 7.63. The van der Waals surface area contributed by atoms with Gasteiger partial charge in [0.25, 0.3) is 10.1 Å². The Labute approximate surface area is 267 Å². The van der Waals surface area contributed by atoms with Gasteiger partial charge in [-0.15, -0.1) is 0 Å². The summed E-state index contributed by atoms with van der Waals surface area (Å²) in [6, 6.07) is 12.9. The Hall–Kier alpha value is -3.25. The molecule has 3 rings (SSSR count). The molecule has 0 spiro atoms. The number of amides is 1. The minimum absolute atomic E-state index is 0.0243. The second-order valence-electron chi connectivity index (χ2n) is 12.4. The summed E-state index contributed by atoms with van der Waals surface area (Å²) in [4.78, 5) is 29.2. The van der Waals surface area contributed by atoms with Gasteiger partial charge in [0.1, 0.15) is 18.0 Å². The molecule has 0 saturated heterocycles. The van der Waals surface area contributed by atoms with Crippen molar-refractivity contribution in [1.82, 2.24) is 9.47 Å². The van der Waals surface area contributed by atoms with Gasteiger partial charge < -0.3 is 24.0 Å². The van der Waals surface area contributed by atoms with E-state index in [1.807, 2.05) is 39.8 Å². The fourth-order valence-electron chi connectivity index (χ4n) is 5.01. The van der Waals surface area contributed by atoms with E-state index in [9.17, 15) is 23.1 Å². The van der Waals surface area contributed by atoms with E-state index in [4.69, 9.17) is 14.0 Å². The zero-order valence-corrected chi connectivity index (χ0v) is 27.9. The molecule has 10 nitrogen and oxygen atoms in total.